The van der Waals surface area contributed by atoms with Gasteiger partial charge in [-0.2, -0.15) is 0 Å². The van der Waals surface area contributed by atoms with Gasteiger partial charge in [0.05, 0.1) is 14.2 Å². The topological polar surface area (TPSA) is 18.5 Å². The third kappa shape index (κ3) is 3.62. The van der Waals surface area contributed by atoms with E-state index in [1.165, 1.54) is 7.11 Å². The van der Waals surface area contributed by atoms with Crippen molar-refractivity contribution in [1.82, 2.24) is 0 Å². The number of aryl methyl sites for hydroxylation is 1. The fourth-order valence-corrected chi connectivity index (χ4v) is 1.66. The van der Waals surface area contributed by atoms with Gasteiger partial charge >= 0.3 is 0 Å². The highest BCUT2D eigenvalue weighted by Gasteiger charge is 2.16. The third-order valence-electron chi connectivity index (χ3n) is 2.38. The maximum absolute atomic E-state index is 13.8. The van der Waals surface area contributed by atoms with E-state index in [-0.39, 0.29) is 5.82 Å². The Morgan fingerprint density at radius 2 is 1.76 bits per heavy atom. The third-order valence-corrected chi connectivity index (χ3v) is 2.38. The van der Waals surface area contributed by atoms with Gasteiger partial charge in [-0.15, -0.1) is 0 Å². The first-order chi connectivity index (χ1) is 8.15. The number of methoxy groups -OCH3 is 2. The van der Waals surface area contributed by atoms with Crippen LogP contribution in [0, 0.1) is 12.7 Å². The molecular formula is C14H23FO2. The Kier molecular flexibility index (Phi) is 7.35. The Morgan fingerprint density at radius 1 is 1.18 bits per heavy atom. The van der Waals surface area contributed by atoms with Crippen LogP contribution in [0.15, 0.2) is 6.07 Å². The minimum absolute atomic E-state index is 0.186. The number of benzene rings is 1. The maximum atomic E-state index is 13.8. The predicted octanol–water partition coefficient (Wildman–Crippen LogP) is 4.13. The Hall–Kier alpha value is -1.25. The summed E-state index contributed by atoms with van der Waals surface area (Å²) in [5, 5.41) is 0. The fourth-order valence-electron chi connectivity index (χ4n) is 1.66. The van der Waals surface area contributed by atoms with Crippen LogP contribution in [0.4, 0.5) is 4.39 Å². The van der Waals surface area contributed by atoms with Crippen LogP contribution in [0.3, 0.4) is 0 Å². The lowest BCUT2D eigenvalue weighted by atomic mass is 10.0. The van der Waals surface area contributed by atoms with Crippen molar-refractivity contribution in [3.05, 3.63) is 23.0 Å². The van der Waals surface area contributed by atoms with Crippen molar-refractivity contribution in [2.24, 2.45) is 0 Å². The molecule has 0 heterocycles. The zero-order valence-corrected chi connectivity index (χ0v) is 11.7. The summed E-state index contributed by atoms with van der Waals surface area (Å²) < 4.78 is 24.2. The molecule has 0 saturated heterocycles. The number of hydrogen-bond acceptors (Lipinski definition) is 2. The average molecular weight is 242 g/mol. The lowest BCUT2D eigenvalue weighted by Gasteiger charge is -2.14. The minimum atomic E-state index is -0.186. The van der Waals surface area contributed by atoms with Gasteiger partial charge in [-0.25, -0.2) is 4.39 Å². The molecule has 0 bridgehead atoms. The smallest absolute Gasteiger partial charge is 0.166 e. The van der Waals surface area contributed by atoms with Gasteiger partial charge in [0.25, 0.3) is 0 Å². The molecule has 1 aromatic rings. The molecule has 2 nitrogen and oxygen atoms in total. The van der Waals surface area contributed by atoms with Gasteiger partial charge in [0.2, 0.25) is 0 Å². The van der Waals surface area contributed by atoms with Gasteiger partial charge in [-0.05, 0) is 25.0 Å². The second kappa shape index (κ2) is 7.93. The van der Waals surface area contributed by atoms with E-state index in [1.807, 2.05) is 20.8 Å². The summed E-state index contributed by atoms with van der Waals surface area (Å²) in [4.78, 5) is 0. The first-order valence-electron chi connectivity index (χ1n) is 6.05. The average Bonchev–Trinajstić information content (AvgIpc) is 2.37. The van der Waals surface area contributed by atoms with Gasteiger partial charge in [0, 0.05) is 5.56 Å². The van der Waals surface area contributed by atoms with Crippen LogP contribution in [0.5, 0.6) is 11.5 Å². The van der Waals surface area contributed by atoms with Gasteiger partial charge in [0.15, 0.2) is 11.5 Å². The monoisotopic (exact) mass is 242 g/mol. The van der Waals surface area contributed by atoms with Gasteiger partial charge < -0.3 is 9.47 Å². The highest BCUT2D eigenvalue weighted by molar-refractivity contribution is 5.50. The predicted molar refractivity (Wildman–Crippen MR) is 69.6 cm³/mol. The molecular weight excluding hydrogens is 219 g/mol. The van der Waals surface area contributed by atoms with E-state index < -0.39 is 0 Å². The number of ether oxygens (including phenoxy) is 2. The quantitative estimate of drug-likeness (QED) is 0.790. The molecule has 0 unspecified atom stereocenters. The molecule has 3 heteroatoms. The standard InChI is InChI=1S/C12H17FO2.C2H6/c1-5-6-9-11(13)8(2)7-10(14-3)12(9)15-4;1-2/h7H,5-6H2,1-4H3;1-2H3. The molecule has 0 saturated carbocycles. The molecule has 0 aromatic heterocycles. The molecule has 98 valence electrons. The van der Waals surface area contributed by atoms with E-state index >= 15 is 0 Å². The summed E-state index contributed by atoms with van der Waals surface area (Å²) in [7, 11) is 3.09. The molecule has 0 spiro atoms. The molecule has 1 aromatic carbocycles. The summed E-state index contributed by atoms with van der Waals surface area (Å²) >= 11 is 0. The van der Waals surface area contributed by atoms with E-state index in [9.17, 15) is 4.39 Å². The summed E-state index contributed by atoms with van der Waals surface area (Å²) in [6, 6.07) is 1.66. The molecule has 0 aliphatic rings. The zero-order chi connectivity index (χ0) is 13.4. The zero-order valence-electron chi connectivity index (χ0n) is 11.7. The summed E-state index contributed by atoms with van der Waals surface area (Å²) in [6.07, 6.45) is 1.53. The van der Waals surface area contributed by atoms with E-state index in [0.29, 0.717) is 29.0 Å². The second-order valence-corrected chi connectivity index (χ2v) is 3.47. The molecule has 17 heavy (non-hydrogen) atoms. The first-order valence-corrected chi connectivity index (χ1v) is 6.05. The van der Waals surface area contributed by atoms with Gasteiger partial charge in [-0.3, -0.25) is 0 Å². The Labute approximate surface area is 104 Å². The first kappa shape index (κ1) is 15.8. The van der Waals surface area contributed by atoms with Crippen LogP contribution >= 0.6 is 0 Å². The van der Waals surface area contributed by atoms with Crippen LogP contribution in [-0.2, 0) is 6.42 Å². The molecule has 0 radical (unpaired) electrons. The van der Waals surface area contributed by atoms with Crippen molar-refractivity contribution in [1.29, 1.82) is 0 Å². The Balaban J connectivity index is 0.00000121. The summed E-state index contributed by atoms with van der Waals surface area (Å²) in [6.45, 7) is 7.74. The highest BCUT2D eigenvalue weighted by atomic mass is 19.1. The molecule has 0 aliphatic heterocycles. The molecule has 0 N–H and O–H groups in total. The number of halogens is 1. The normalized spacial score (nSPS) is 9.35. The second-order valence-electron chi connectivity index (χ2n) is 3.47. The minimum Gasteiger partial charge on any atom is -0.493 e. The van der Waals surface area contributed by atoms with Crippen LogP contribution in [0.2, 0.25) is 0 Å². The van der Waals surface area contributed by atoms with Crippen molar-refractivity contribution in [3.63, 3.8) is 0 Å². The highest BCUT2D eigenvalue weighted by Crippen LogP contribution is 2.35. The van der Waals surface area contributed by atoms with E-state index in [1.54, 1.807) is 20.1 Å². The molecule has 0 amide bonds. The number of rotatable bonds is 4. The van der Waals surface area contributed by atoms with E-state index in [0.717, 1.165) is 6.42 Å². The number of hydrogen-bond donors (Lipinski definition) is 0. The Morgan fingerprint density at radius 3 is 2.18 bits per heavy atom. The Bertz CT molecular complexity index is 349. The molecule has 0 aliphatic carbocycles. The van der Waals surface area contributed by atoms with Crippen molar-refractivity contribution in [3.8, 4) is 11.5 Å². The molecule has 1 rings (SSSR count). The van der Waals surface area contributed by atoms with Crippen molar-refractivity contribution in [2.45, 2.75) is 40.5 Å². The van der Waals surface area contributed by atoms with E-state index in [4.69, 9.17) is 9.47 Å². The van der Waals surface area contributed by atoms with Gasteiger partial charge in [0.1, 0.15) is 5.82 Å². The van der Waals surface area contributed by atoms with Crippen LogP contribution in [-0.4, -0.2) is 14.2 Å². The SMILES string of the molecule is CC.CCCc1c(F)c(C)cc(OC)c1OC. The largest absolute Gasteiger partial charge is 0.493 e. The van der Waals surface area contributed by atoms with Crippen molar-refractivity contribution < 1.29 is 13.9 Å². The summed E-state index contributed by atoms with van der Waals surface area (Å²) in [5.74, 6) is 0.928. The van der Waals surface area contributed by atoms with Crippen LogP contribution in [0.1, 0.15) is 38.3 Å². The molecule has 0 atom stereocenters. The van der Waals surface area contributed by atoms with Crippen molar-refractivity contribution in [2.75, 3.05) is 14.2 Å². The van der Waals surface area contributed by atoms with Crippen LogP contribution in [0.25, 0.3) is 0 Å². The van der Waals surface area contributed by atoms with E-state index in [2.05, 4.69) is 0 Å². The fraction of sp³-hybridized carbons (Fsp3) is 0.571. The van der Waals surface area contributed by atoms with Crippen LogP contribution < -0.4 is 9.47 Å². The summed E-state index contributed by atoms with van der Waals surface area (Å²) in [5.41, 5.74) is 1.20. The maximum Gasteiger partial charge on any atom is 0.166 e. The van der Waals surface area contributed by atoms with Gasteiger partial charge in [-0.1, -0.05) is 27.2 Å². The lowest BCUT2D eigenvalue weighted by molar-refractivity contribution is 0.347. The molecule has 0 fully saturated rings. The lowest BCUT2D eigenvalue weighted by Crippen LogP contribution is -2.01. The van der Waals surface area contributed by atoms with Crippen molar-refractivity contribution >= 4 is 0 Å².